The van der Waals surface area contributed by atoms with Crippen LogP contribution in [0.2, 0.25) is 5.02 Å². The van der Waals surface area contributed by atoms with Gasteiger partial charge in [-0.2, -0.15) is 13.2 Å². The predicted molar refractivity (Wildman–Crippen MR) is 73.4 cm³/mol. The molecule has 0 spiro atoms. The van der Waals surface area contributed by atoms with Crippen LogP contribution in [0.15, 0.2) is 48.5 Å². The lowest BCUT2D eigenvalue weighted by Gasteiger charge is -2.14. The van der Waals surface area contributed by atoms with Gasteiger partial charge < -0.3 is 9.84 Å². The Morgan fingerprint density at radius 2 is 1.76 bits per heavy atom. The maximum Gasteiger partial charge on any atom is 0.416 e. The van der Waals surface area contributed by atoms with Crippen molar-refractivity contribution in [2.24, 2.45) is 0 Å². The molecule has 0 amide bonds. The summed E-state index contributed by atoms with van der Waals surface area (Å²) in [7, 11) is 0. The monoisotopic (exact) mass is 316 g/mol. The van der Waals surface area contributed by atoms with E-state index in [0.717, 1.165) is 12.1 Å². The first kappa shape index (κ1) is 15.7. The second-order valence-corrected chi connectivity index (χ2v) is 4.84. The van der Waals surface area contributed by atoms with E-state index in [1.165, 1.54) is 12.1 Å². The van der Waals surface area contributed by atoms with Gasteiger partial charge in [0.2, 0.25) is 0 Å². The van der Waals surface area contributed by atoms with E-state index < -0.39 is 17.8 Å². The van der Waals surface area contributed by atoms with Crippen molar-refractivity contribution in [3.8, 4) is 5.75 Å². The van der Waals surface area contributed by atoms with Gasteiger partial charge in [0.05, 0.1) is 5.56 Å². The third-order valence-electron chi connectivity index (χ3n) is 2.82. The van der Waals surface area contributed by atoms with Gasteiger partial charge in [-0.05, 0) is 42.0 Å². The second-order valence-electron chi connectivity index (χ2n) is 4.40. The Morgan fingerprint density at radius 1 is 1.10 bits per heavy atom. The van der Waals surface area contributed by atoms with E-state index in [0.29, 0.717) is 10.8 Å². The highest BCUT2D eigenvalue weighted by atomic mass is 35.5. The van der Waals surface area contributed by atoms with Gasteiger partial charge in [0, 0.05) is 5.02 Å². The summed E-state index contributed by atoms with van der Waals surface area (Å²) < 4.78 is 43.1. The Balaban J connectivity index is 2.03. The molecule has 0 heterocycles. The Hall–Kier alpha value is -1.72. The zero-order valence-electron chi connectivity index (χ0n) is 10.8. The van der Waals surface area contributed by atoms with Crippen molar-refractivity contribution < 1.29 is 23.0 Å². The molecule has 0 saturated heterocycles. The van der Waals surface area contributed by atoms with Gasteiger partial charge in [0.15, 0.2) is 0 Å². The average molecular weight is 317 g/mol. The first-order valence-electron chi connectivity index (χ1n) is 6.10. The summed E-state index contributed by atoms with van der Waals surface area (Å²) in [5.74, 6) is 0.477. The number of aliphatic hydroxyl groups excluding tert-OH is 1. The Labute approximate surface area is 124 Å². The standard InChI is InChI=1S/C15H12ClF3O2/c16-12-4-6-13(7-5-12)21-9-14(20)10-2-1-3-11(8-10)15(17,18)19/h1-8,14,20H,9H2. The fourth-order valence-electron chi connectivity index (χ4n) is 1.72. The van der Waals surface area contributed by atoms with E-state index in [-0.39, 0.29) is 12.2 Å². The molecular weight excluding hydrogens is 305 g/mol. The fraction of sp³-hybridized carbons (Fsp3) is 0.200. The van der Waals surface area contributed by atoms with E-state index in [9.17, 15) is 18.3 Å². The lowest BCUT2D eigenvalue weighted by molar-refractivity contribution is -0.137. The van der Waals surface area contributed by atoms with E-state index >= 15 is 0 Å². The van der Waals surface area contributed by atoms with Crippen LogP contribution in [-0.4, -0.2) is 11.7 Å². The quantitative estimate of drug-likeness (QED) is 0.901. The van der Waals surface area contributed by atoms with Crippen LogP contribution in [0, 0.1) is 0 Å². The van der Waals surface area contributed by atoms with Gasteiger partial charge in [-0.3, -0.25) is 0 Å². The lowest BCUT2D eigenvalue weighted by atomic mass is 10.1. The maximum atomic E-state index is 12.6. The summed E-state index contributed by atoms with van der Waals surface area (Å²) in [4.78, 5) is 0. The number of alkyl halides is 3. The molecule has 1 atom stereocenters. The minimum Gasteiger partial charge on any atom is -0.491 e. The molecule has 0 aromatic heterocycles. The average Bonchev–Trinajstić information content (AvgIpc) is 2.45. The summed E-state index contributed by atoms with van der Waals surface area (Å²) in [6.07, 6.45) is -5.59. The van der Waals surface area contributed by atoms with Crippen LogP contribution in [0.1, 0.15) is 17.2 Å². The van der Waals surface area contributed by atoms with E-state index in [1.807, 2.05) is 0 Å². The first-order chi connectivity index (χ1) is 9.86. The summed E-state index contributed by atoms with van der Waals surface area (Å²) in [5, 5.41) is 10.5. The molecule has 1 unspecified atom stereocenters. The van der Waals surface area contributed by atoms with Crippen molar-refractivity contribution in [3.05, 3.63) is 64.7 Å². The van der Waals surface area contributed by atoms with Crippen LogP contribution < -0.4 is 4.74 Å². The van der Waals surface area contributed by atoms with Crippen molar-refractivity contribution in [2.45, 2.75) is 12.3 Å². The highest BCUT2D eigenvalue weighted by Crippen LogP contribution is 2.30. The van der Waals surface area contributed by atoms with Gasteiger partial charge in [0.25, 0.3) is 0 Å². The van der Waals surface area contributed by atoms with Crippen molar-refractivity contribution in [1.82, 2.24) is 0 Å². The molecule has 0 bridgehead atoms. The molecule has 0 saturated carbocycles. The van der Waals surface area contributed by atoms with Gasteiger partial charge >= 0.3 is 6.18 Å². The largest absolute Gasteiger partial charge is 0.491 e. The van der Waals surface area contributed by atoms with Gasteiger partial charge in [-0.25, -0.2) is 0 Å². The molecule has 0 aliphatic heterocycles. The SMILES string of the molecule is OC(COc1ccc(Cl)cc1)c1cccc(C(F)(F)F)c1. The Morgan fingerprint density at radius 3 is 2.38 bits per heavy atom. The number of benzene rings is 2. The molecule has 0 fully saturated rings. The molecule has 112 valence electrons. The van der Waals surface area contributed by atoms with E-state index in [4.69, 9.17) is 16.3 Å². The van der Waals surface area contributed by atoms with E-state index in [1.54, 1.807) is 24.3 Å². The molecule has 0 aliphatic carbocycles. The molecule has 2 aromatic rings. The normalized spacial score (nSPS) is 13.0. The van der Waals surface area contributed by atoms with Crippen LogP contribution >= 0.6 is 11.6 Å². The van der Waals surface area contributed by atoms with Gasteiger partial charge in [0.1, 0.15) is 18.5 Å². The number of rotatable bonds is 4. The van der Waals surface area contributed by atoms with Gasteiger partial charge in [-0.15, -0.1) is 0 Å². The summed E-state index contributed by atoms with van der Waals surface area (Å²) in [5.41, 5.74) is -0.649. The van der Waals surface area contributed by atoms with Gasteiger partial charge in [-0.1, -0.05) is 23.7 Å². The number of hydrogen-bond acceptors (Lipinski definition) is 2. The number of halogens is 4. The van der Waals surface area contributed by atoms with Crippen molar-refractivity contribution in [3.63, 3.8) is 0 Å². The Kier molecular flexibility index (Phi) is 4.75. The number of hydrogen-bond donors (Lipinski definition) is 1. The topological polar surface area (TPSA) is 29.5 Å². The van der Waals surface area contributed by atoms with E-state index in [2.05, 4.69) is 0 Å². The summed E-state index contributed by atoms with van der Waals surface area (Å²) in [6.45, 7) is -0.150. The molecule has 0 radical (unpaired) electrons. The zero-order valence-corrected chi connectivity index (χ0v) is 11.5. The third-order valence-corrected chi connectivity index (χ3v) is 3.07. The van der Waals surface area contributed by atoms with Crippen molar-refractivity contribution in [2.75, 3.05) is 6.61 Å². The van der Waals surface area contributed by atoms with Crippen LogP contribution in [0.4, 0.5) is 13.2 Å². The minimum atomic E-state index is -4.44. The summed E-state index contributed by atoms with van der Waals surface area (Å²) in [6, 6.07) is 11.0. The maximum absolute atomic E-state index is 12.6. The third kappa shape index (κ3) is 4.37. The minimum absolute atomic E-state index is 0.150. The Bertz CT molecular complexity index is 597. The van der Waals surface area contributed by atoms with Crippen LogP contribution in [0.3, 0.4) is 0 Å². The van der Waals surface area contributed by atoms with Crippen molar-refractivity contribution in [1.29, 1.82) is 0 Å². The van der Waals surface area contributed by atoms with Crippen molar-refractivity contribution >= 4 is 11.6 Å². The second kappa shape index (κ2) is 6.37. The molecule has 2 rings (SSSR count). The number of ether oxygens (including phenoxy) is 1. The zero-order chi connectivity index (χ0) is 15.5. The smallest absolute Gasteiger partial charge is 0.416 e. The highest BCUT2D eigenvalue weighted by molar-refractivity contribution is 6.30. The lowest BCUT2D eigenvalue weighted by Crippen LogP contribution is -2.11. The van der Waals surface area contributed by atoms with Crippen LogP contribution in [0.5, 0.6) is 5.75 Å². The fourth-order valence-corrected chi connectivity index (χ4v) is 1.85. The predicted octanol–water partition coefficient (Wildman–Crippen LogP) is 4.47. The molecule has 1 N–H and O–H groups in total. The van der Waals surface area contributed by atoms with Crippen LogP contribution in [0.25, 0.3) is 0 Å². The molecule has 0 aliphatic rings. The highest BCUT2D eigenvalue weighted by Gasteiger charge is 2.30. The van der Waals surface area contributed by atoms with Crippen LogP contribution in [-0.2, 0) is 6.18 Å². The summed E-state index contributed by atoms with van der Waals surface area (Å²) >= 11 is 5.72. The molecular formula is C15H12ClF3O2. The molecule has 2 aromatic carbocycles. The molecule has 2 nitrogen and oxygen atoms in total. The molecule has 21 heavy (non-hydrogen) atoms. The number of aliphatic hydroxyl groups is 1. The molecule has 6 heteroatoms. The first-order valence-corrected chi connectivity index (χ1v) is 6.47.